The molecule has 1 aliphatic rings. The second-order valence-corrected chi connectivity index (χ2v) is 5.98. The summed E-state index contributed by atoms with van der Waals surface area (Å²) in [6.07, 6.45) is 1.48. The molecule has 1 aromatic rings. The molecule has 0 aromatic heterocycles. The first-order valence-electron chi connectivity index (χ1n) is 8.55. The summed E-state index contributed by atoms with van der Waals surface area (Å²) in [6, 6.07) is 5.82. The molecule has 0 saturated heterocycles. The van der Waals surface area contributed by atoms with Gasteiger partial charge in [0.25, 0.3) is 5.69 Å². The number of allylic oxidation sites excluding steroid dienone is 2. The fourth-order valence-electron chi connectivity index (χ4n) is 3.30. The third-order valence-corrected chi connectivity index (χ3v) is 4.19. The molecule has 0 aliphatic carbocycles. The summed E-state index contributed by atoms with van der Waals surface area (Å²) in [5.41, 5.74) is -1.11. The number of hydrogen-bond acceptors (Lipinski definition) is 7. The van der Waals surface area contributed by atoms with E-state index >= 15 is 0 Å². The van der Waals surface area contributed by atoms with E-state index in [4.69, 9.17) is 9.47 Å². The van der Waals surface area contributed by atoms with Crippen molar-refractivity contribution >= 4 is 17.6 Å². The fraction of sp³-hybridized carbons (Fsp3) is 0.368. The number of nitrogens with one attached hydrogen (secondary N) is 1. The highest BCUT2D eigenvalue weighted by molar-refractivity contribution is 6.05. The van der Waals surface area contributed by atoms with E-state index in [-0.39, 0.29) is 30.0 Å². The lowest BCUT2D eigenvalue weighted by molar-refractivity contribution is -0.385. The molecule has 1 atom stereocenters. The molecule has 8 nitrogen and oxygen atoms in total. The van der Waals surface area contributed by atoms with Gasteiger partial charge in [-0.05, 0) is 33.8 Å². The van der Waals surface area contributed by atoms with E-state index in [0.29, 0.717) is 11.4 Å². The Hall–Kier alpha value is -3.16. The van der Waals surface area contributed by atoms with E-state index in [1.54, 1.807) is 33.8 Å². The van der Waals surface area contributed by atoms with Crippen molar-refractivity contribution in [1.82, 2.24) is 5.32 Å². The number of nitro groups is 1. The van der Waals surface area contributed by atoms with Gasteiger partial charge in [0, 0.05) is 17.5 Å². The summed E-state index contributed by atoms with van der Waals surface area (Å²) >= 11 is 0. The van der Waals surface area contributed by atoms with Crippen molar-refractivity contribution in [2.24, 2.45) is 0 Å². The molecule has 0 amide bonds. The smallest absolute Gasteiger partial charge is 0.337 e. The van der Waals surface area contributed by atoms with Gasteiger partial charge in [0.15, 0.2) is 5.41 Å². The van der Waals surface area contributed by atoms with Crippen LogP contribution in [0.5, 0.6) is 0 Å². The van der Waals surface area contributed by atoms with Crippen LogP contribution in [0.2, 0.25) is 0 Å². The van der Waals surface area contributed by atoms with Gasteiger partial charge in [0.2, 0.25) is 0 Å². The van der Waals surface area contributed by atoms with Crippen molar-refractivity contribution in [1.29, 1.82) is 0 Å². The first-order valence-corrected chi connectivity index (χ1v) is 8.55. The SMILES string of the molecule is CCOC(=O)C1=C(C)NC(C)=CC1(C(=O)OCC)c1ccccc1[N+](=O)[O-]. The normalized spacial score (nSPS) is 19.0. The predicted octanol–water partition coefficient (Wildman–Crippen LogP) is 2.74. The minimum absolute atomic E-state index is 0.0253. The first-order chi connectivity index (χ1) is 12.8. The van der Waals surface area contributed by atoms with Crippen molar-refractivity contribution in [3.8, 4) is 0 Å². The maximum atomic E-state index is 13.1. The third kappa shape index (κ3) is 3.55. The zero-order valence-corrected chi connectivity index (χ0v) is 15.7. The molecule has 144 valence electrons. The Balaban J connectivity index is 2.91. The highest BCUT2D eigenvalue weighted by Crippen LogP contribution is 2.44. The van der Waals surface area contributed by atoms with Crippen molar-refractivity contribution < 1.29 is 24.0 Å². The molecular weight excluding hydrogens is 352 g/mol. The number of hydrogen-bond donors (Lipinski definition) is 1. The highest BCUT2D eigenvalue weighted by Gasteiger charge is 2.53. The summed E-state index contributed by atoms with van der Waals surface area (Å²) in [4.78, 5) is 37.0. The van der Waals surface area contributed by atoms with Crippen LogP contribution in [0.1, 0.15) is 33.3 Å². The summed E-state index contributed by atoms with van der Waals surface area (Å²) in [5.74, 6) is -1.51. The Labute approximate surface area is 157 Å². The van der Waals surface area contributed by atoms with E-state index in [1.807, 2.05) is 0 Å². The maximum absolute atomic E-state index is 13.1. The molecule has 1 unspecified atom stereocenters. The molecule has 0 bridgehead atoms. The van der Waals surface area contributed by atoms with E-state index in [2.05, 4.69) is 5.32 Å². The number of benzene rings is 1. The molecule has 1 aliphatic heterocycles. The minimum atomic E-state index is -1.79. The zero-order valence-electron chi connectivity index (χ0n) is 15.7. The largest absolute Gasteiger partial charge is 0.465 e. The minimum Gasteiger partial charge on any atom is -0.465 e. The Morgan fingerprint density at radius 2 is 1.78 bits per heavy atom. The van der Waals surface area contributed by atoms with Crippen LogP contribution in [-0.2, 0) is 24.5 Å². The van der Waals surface area contributed by atoms with Gasteiger partial charge in [0.05, 0.1) is 29.3 Å². The van der Waals surface area contributed by atoms with Crippen molar-refractivity contribution in [3.63, 3.8) is 0 Å². The monoisotopic (exact) mass is 374 g/mol. The van der Waals surface area contributed by atoms with Crippen LogP contribution >= 0.6 is 0 Å². The Morgan fingerprint density at radius 1 is 1.15 bits per heavy atom. The number of dihydropyridines is 1. The second kappa shape index (κ2) is 8.03. The molecule has 0 fully saturated rings. The summed E-state index contributed by atoms with van der Waals surface area (Å²) < 4.78 is 10.4. The number of nitro benzene ring substituents is 1. The van der Waals surface area contributed by atoms with E-state index in [1.165, 1.54) is 24.3 Å². The van der Waals surface area contributed by atoms with Gasteiger partial charge in [-0.2, -0.15) is 0 Å². The summed E-state index contributed by atoms with van der Waals surface area (Å²) in [6.45, 7) is 6.73. The third-order valence-electron chi connectivity index (χ3n) is 4.19. The Bertz CT molecular complexity index is 842. The number of para-hydroxylation sites is 1. The second-order valence-electron chi connectivity index (χ2n) is 5.98. The molecule has 2 rings (SSSR count). The van der Waals surface area contributed by atoms with E-state index in [9.17, 15) is 19.7 Å². The number of carbonyl (C=O) groups excluding carboxylic acids is 2. The standard InChI is InChI=1S/C19H22N2O6/c1-5-26-17(22)16-13(4)20-12(3)11-19(16,18(23)27-6-2)14-9-7-8-10-15(14)21(24)25/h7-11,20H,5-6H2,1-4H3. The molecule has 0 spiro atoms. The van der Waals surface area contributed by atoms with Gasteiger partial charge >= 0.3 is 11.9 Å². The zero-order chi connectivity index (χ0) is 20.2. The van der Waals surface area contributed by atoms with Gasteiger partial charge in [-0.25, -0.2) is 4.79 Å². The average Bonchev–Trinajstić information content (AvgIpc) is 2.61. The van der Waals surface area contributed by atoms with Crippen LogP contribution in [0.3, 0.4) is 0 Å². The van der Waals surface area contributed by atoms with Gasteiger partial charge in [-0.3, -0.25) is 14.9 Å². The molecule has 8 heteroatoms. The van der Waals surface area contributed by atoms with Crippen LogP contribution in [0, 0.1) is 10.1 Å². The Kier molecular flexibility index (Phi) is 5.99. The molecule has 0 saturated carbocycles. The molecule has 27 heavy (non-hydrogen) atoms. The number of rotatable bonds is 6. The van der Waals surface area contributed by atoms with E-state index in [0.717, 1.165) is 0 Å². The van der Waals surface area contributed by atoms with E-state index < -0.39 is 22.3 Å². The summed E-state index contributed by atoms with van der Waals surface area (Å²) in [7, 11) is 0. The number of carbonyl (C=O) groups is 2. The Morgan fingerprint density at radius 3 is 2.37 bits per heavy atom. The average molecular weight is 374 g/mol. The van der Waals surface area contributed by atoms with Crippen LogP contribution in [0.15, 0.2) is 47.3 Å². The first kappa shape index (κ1) is 20.2. The van der Waals surface area contributed by atoms with Crippen molar-refractivity contribution in [3.05, 3.63) is 63.0 Å². The topological polar surface area (TPSA) is 108 Å². The lowest BCUT2D eigenvalue weighted by Crippen LogP contribution is -2.46. The van der Waals surface area contributed by atoms with Gasteiger partial charge in [-0.15, -0.1) is 0 Å². The van der Waals surface area contributed by atoms with Crippen molar-refractivity contribution in [2.45, 2.75) is 33.1 Å². The van der Waals surface area contributed by atoms with Gasteiger partial charge in [0.1, 0.15) is 0 Å². The molecule has 1 heterocycles. The quantitative estimate of drug-likeness (QED) is 0.463. The number of ether oxygens (including phenoxy) is 2. The molecule has 1 aromatic carbocycles. The molecule has 1 N–H and O–H groups in total. The van der Waals surface area contributed by atoms with Gasteiger partial charge in [-0.1, -0.05) is 18.2 Å². The summed E-state index contributed by atoms with van der Waals surface area (Å²) in [5, 5.41) is 14.6. The predicted molar refractivity (Wildman–Crippen MR) is 97.6 cm³/mol. The van der Waals surface area contributed by atoms with Crippen LogP contribution in [0.4, 0.5) is 5.69 Å². The maximum Gasteiger partial charge on any atom is 0.337 e. The number of esters is 2. The number of nitrogens with zero attached hydrogens (tertiary/aromatic N) is 1. The van der Waals surface area contributed by atoms with Crippen LogP contribution < -0.4 is 5.32 Å². The highest BCUT2D eigenvalue weighted by atomic mass is 16.6. The van der Waals surface area contributed by atoms with Crippen molar-refractivity contribution in [2.75, 3.05) is 13.2 Å². The van der Waals surface area contributed by atoms with Gasteiger partial charge < -0.3 is 14.8 Å². The van der Waals surface area contributed by atoms with Crippen LogP contribution in [0.25, 0.3) is 0 Å². The lowest BCUT2D eigenvalue weighted by atomic mass is 9.70. The van der Waals surface area contributed by atoms with Crippen LogP contribution in [-0.4, -0.2) is 30.1 Å². The lowest BCUT2D eigenvalue weighted by Gasteiger charge is -2.35. The fourth-order valence-corrected chi connectivity index (χ4v) is 3.30. The molecule has 0 radical (unpaired) electrons. The molecular formula is C19H22N2O6.